The maximum absolute atomic E-state index is 5.43. The van der Waals surface area contributed by atoms with E-state index >= 15 is 0 Å². The number of aromatic amines is 1. The van der Waals surface area contributed by atoms with E-state index < -0.39 is 0 Å². The zero-order valence-electron chi connectivity index (χ0n) is 11.1. The number of nitrogens with zero attached hydrogens (tertiary/aromatic N) is 1. The molecule has 2 aromatic rings. The van der Waals surface area contributed by atoms with E-state index in [0.717, 1.165) is 47.0 Å². The van der Waals surface area contributed by atoms with Crippen molar-refractivity contribution in [2.45, 2.75) is 13.3 Å². The second kappa shape index (κ2) is 4.93. The maximum atomic E-state index is 5.43. The molecule has 0 saturated heterocycles. The molecule has 0 atom stereocenters. The van der Waals surface area contributed by atoms with Crippen molar-refractivity contribution in [1.82, 2.24) is 15.5 Å². The van der Waals surface area contributed by atoms with Crippen LogP contribution in [0.3, 0.4) is 0 Å². The summed E-state index contributed by atoms with van der Waals surface area (Å²) < 4.78 is 10.8. The third-order valence-corrected chi connectivity index (χ3v) is 3.30. The summed E-state index contributed by atoms with van der Waals surface area (Å²) in [4.78, 5) is 0. The number of hydrogen-bond donors (Lipinski definition) is 2. The van der Waals surface area contributed by atoms with Gasteiger partial charge in [0.25, 0.3) is 0 Å². The first-order chi connectivity index (χ1) is 9.29. The van der Waals surface area contributed by atoms with Crippen LogP contribution in [0.4, 0.5) is 0 Å². The molecular formula is C14H17N3O2. The SMILES string of the molecule is CNCCc1n[nH]c(C)c1-c1ccc2c(c1)OCO2. The van der Waals surface area contributed by atoms with E-state index in [9.17, 15) is 0 Å². The Hall–Kier alpha value is -2.01. The maximum Gasteiger partial charge on any atom is 0.231 e. The van der Waals surface area contributed by atoms with E-state index in [4.69, 9.17) is 9.47 Å². The summed E-state index contributed by atoms with van der Waals surface area (Å²) in [6.07, 6.45) is 0.893. The van der Waals surface area contributed by atoms with Crippen molar-refractivity contribution in [2.75, 3.05) is 20.4 Å². The second-order valence-corrected chi connectivity index (χ2v) is 4.59. The zero-order valence-corrected chi connectivity index (χ0v) is 11.1. The molecule has 2 N–H and O–H groups in total. The number of ether oxygens (including phenoxy) is 2. The summed E-state index contributed by atoms with van der Waals surface area (Å²) in [5.41, 5.74) is 4.42. The second-order valence-electron chi connectivity index (χ2n) is 4.59. The Balaban J connectivity index is 1.99. The number of likely N-dealkylation sites (N-methyl/N-ethyl adjacent to an activating group) is 1. The van der Waals surface area contributed by atoms with Gasteiger partial charge in [-0.15, -0.1) is 0 Å². The smallest absolute Gasteiger partial charge is 0.231 e. The Labute approximate surface area is 111 Å². The number of benzene rings is 1. The molecule has 0 radical (unpaired) electrons. The number of H-pyrrole nitrogens is 1. The van der Waals surface area contributed by atoms with Crippen LogP contribution in [-0.4, -0.2) is 30.6 Å². The molecule has 5 nitrogen and oxygen atoms in total. The third kappa shape index (κ3) is 2.17. The Morgan fingerprint density at radius 3 is 3.00 bits per heavy atom. The van der Waals surface area contributed by atoms with Crippen LogP contribution in [0.1, 0.15) is 11.4 Å². The van der Waals surface area contributed by atoms with Crippen LogP contribution in [0.2, 0.25) is 0 Å². The van der Waals surface area contributed by atoms with Gasteiger partial charge in [-0.25, -0.2) is 0 Å². The number of nitrogens with one attached hydrogen (secondary N) is 2. The number of hydrogen-bond acceptors (Lipinski definition) is 4. The van der Waals surface area contributed by atoms with Crippen LogP contribution in [0.25, 0.3) is 11.1 Å². The van der Waals surface area contributed by atoms with Crippen LogP contribution < -0.4 is 14.8 Å². The fourth-order valence-electron chi connectivity index (χ4n) is 2.34. The molecule has 1 aromatic heterocycles. The molecule has 5 heteroatoms. The first kappa shape index (κ1) is 12.0. The molecule has 0 amide bonds. The lowest BCUT2D eigenvalue weighted by Gasteiger charge is -2.05. The summed E-state index contributed by atoms with van der Waals surface area (Å²) in [6.45, 7) is 3.24. The van der Waals surface area contributed by atoms with Gasteiger partial charge in [-0.2, -0.15) is 5.10 Å². The van der Waals surface area contributed by atoms with Gasteiger partial charge in [-0.3, -0.25) is 5.10 Å². The Kier molecular flexibility index (Phi) is 3.13. The van der Waals surface area contributed by atoms with Crippen LogP contribution in [0, 0.1) is 6.92 Å². The fourth-order valence-corrected chi connectivity index (χ4v) is 2.34. The molecule has 0 spiro atoms. The summed E-state index contributed by atoms with van der Waals surface area (Å²) >= 11 is 0. The average Bonchev–Trinajstić information content (AvgIpc) is 3.01. The molecule has 0 bridgehead atoms. The summed E-state index contributed by atoms with van der Waals surface area (Å²) in [5.74, 6) is 1.61. The fraction of sp³-hybridized carbons (Fsp3) is 0.357. The van der Waals surface area contributed by atoms with E-state index in [-0.39, 0.29) is 0 Å². The topological polar surface area (TPSA) is 59.2 Å². The minimum absolute atomic E-state index is 0.301. The lowest BCUT2D eigenvalue weighted by atomic mass is 10.0. The molecule has 19 heavy (non-hydrogen) atoms. The van der Waals surface area contributed by atoms with Gasteiger partial charge >= 0.3 is 0 Å². The largest absolute Gasteiger partial charge is 0.454 e. The quantitative estimate of drug-likeness (QED) is 0.880. The van der Waals surface area contributed by atoms with Crippen molar-refractivity contribution in [1.29, 1.82) is 0 Å². The standard InChI is InChI=1S/C14H17N3O2/c1-9-14(11(17-16-9)5-6-15-2)10-3-4-12-13(7-10)19-8-18-12/h3-4,7,15H,5-6,8H2,1-2H3,(H,16,17). The van der Waals surface area contributed by atoms with Crippen LogP contribution >= 0.6 is 0 Å². The Bertz CT molecular complexity index is 592. The Morgan fingerprint density at radius 2 is 2.16 bits per heavy atom. The van der Waals surface area contributed by atoms with Gasteiger partial charge in [0, 0.05) is 24.2 Å². The Morgan fingerprint density at radius 1 is 1.32 bits per heavy atom. The van der Waals surface area contributed by atoms with Gasteiger partial charge in [0.05, 0.1) is 5.69 Å². The van der Waals surface area contributed by atoms with Crippen LogP contribution in [0.5, 0.6) is 11.5 Å². The van der Waals surface area contributed by atoms with Gasteiger partial charge in [0.2, 0.25) is 6.79 Å². The van der Waals surface area contributed by atoms with Crippen LogP contribution in [-0.2, 0) is 6.42 Å². The predicted octanol–water partition coefficient (Wildman–Crippen LogP) is 1.88. The molecule has 1 aliphatic rings. The van der Waals surface area contributed by atoms with Gasteiger partial charge < -0.3 is 14.8 Å². The summed E-state index contributed by atoms with van der Waals surface area (Å²) in [7, 11) is 1.94. The number of fused-ring (bicyclic) bond motifs is 1. The van der Waals surface area contributed by atoms with Crippen molar-refractivity contribution in [3.05, 3.63) is 29.6 Å². The zero-order chi connectivity index (χ0) is 13.2. The lowest BCUT2D eigenvalue weighted by Crippen LogP contribution is -2.11. The molecule has 100 valence electrons. The molecule has 1 aliphatic heterocycles. The van der Waals surface area contributed by atoms with Crippen molar-refractivity contribution in [2.24, 2.45) is 0 Å². The molecule has 0 saturated carbocycles. The summed E-state index contributed by atoms with van der Waals surface area (Å²) in [5, 5.41) is 10.6. The van der Waals surface area contributed by atoms with E-state index in [0.29, 0.717) is 6.79 Å². The summed E-state index contributed by atoms with van der Waals surface area (Å²) in [6, 6.07) is 6.02. The molecule has 0 unspecified atom stereocenters. The van der Waals surface area contributed by atoms with E-state index in [2.05, 4.69) is 15.5 Å². The number of aryl methyl sites for hydroxylation is 1. The highest BCUT2D eigenvalue weighted by atomic mass is 16.7. The predicted molar refractivity (Wildman–Crippen MR) is 72.5 cm³/mol. The normalized spacial score (nSPS) is 12.9. The molecule has 0 aliphatic carbocycles. The molecule has 1 aromatic carbocycles. The van der Waals surface area contributed by atoms with Crippen molar-refractivity contribution >= 4 is 0 Å². The number of rotatable bonds is 4. The van der Waals surface area contributed by atoms with Gasteiger partial charge in [0.15, 0.2) is 11.5 Å². The first-order valence-corrected chi connectivity index (χ1v) is 6.38. The van der Waals surface area contributed by atoms with Crippen molar-refractivity contribution in [3.63, 3.8) is 0 Å². The van der Waals surface area contributed by atoms with Gasteiger partial charge in [-0.1, -0.05) is 6.07 Å². The van der Waals surface area contributed by atoms with Gasteiger partial charge in [-0.05, 0) is 31.7 Å². The molecule has 3 rings (SSSR count). The molecule has 2 heterocycles. The highest BCUT2D eigenvalue weighted by Crippen LogP contribution is 2.37. The minimum Gasteiger partial charge on any atom is -0.454 e. The van der Waals surface area contributed by atoms with Crippen LogP contribution in [0.15, 0.2) is 18.2 Å². The number of aromatic nitrogens is 2. The molecule has 0 fully saturated rings. The monoisotopic (exact) mass is 259 g/mol. The lowest BCUT2D eigenvalue weighted by molar-refractivity contribution is 0.174. The van der Waals surface area contributed by atoms with E-state index in [1.807, 2.05) is 32.2 Å². The van der Waals surface area contributed by atoms with E-state index in [1.165, 1.54) is 0 Å². The average molecular weight is 259 g/mol. The highest BCUT2D eigenvalue weighted by molar-refractivity contribution is 5.71. The van der Waals surface area contributed by atoms with Gasteiger partial charge in [0.1, 0.15) is 0 Å². The first-order valence-electron chi connectivity index (χ1n) is 6.38. The molecular weight excluding hydrogens is 242 g/mol. The minimum atomic E-state index is 0.301. The van der Waals surface area contributed by atoms with Crippen molar-refractivity contribution in [3.8, 4) is 22.6 Å². The van der Waals surface area contributed by atoms with E-state index in [1.54, 1.807) is 0 Å². The third-order valence-electron chi connectivity index (χ3n) is 3.30. The highest BCUT2D eigenvalue weighted by Gasteiger charge is 2.17. The van der Waals surface area contributed by atoms with Crippen molar-refractivity contribution < 1.29 is 9.47 Å².